The lowest BCUT2D eigenvalue weighted by molar-refractivity contribution is 1.01. The van der Waals surface area contributed by atoms with Gasteiger partial charge in [0.1, 0.15) is 11.4 Å². The van der Waals surface area contributed by atoms with Gasteiger partial charge in [0.2, 0.25) is 5.95 Å². The van der Waals surface area contributed by atoms with Crippen LogP contribution in [-0.2, 0) is 0 Å². The fourth-order valence-corrected chi connectivity index (χ4v) is 24.6. The van der Waals surface area contributed by atoms with Gasteiger partial charge in [-0.1, -0.05) is 419 Å². The van der Waals surface area contributed by atoms with Crippen molar-refractivity contribution in [2.24, 2.45) is 0 Å². The molecule has 0 saturated carbocycles. The largest absolute Gasteiger partial charge is 0.307 e. The van der Waals surface area contributed by atoms with Crippen LogP contribution < -0.4 is 0 Å². The standard InChI is InChI=1S/3C46H28N4/c1-3-16-30(17-4-1)42-46(47-37-28-27-29-15-7-8-20-32(29)43(37)48-42)50-39-26-14-12-24-36(39)41-34-22-10-9-21-33(34)40-35-23-11-13-25-38(35)49(44(40)45(41)50)31-18-5-2-6-19-31;1-3-16-30(17-4-1)42-46(48-43-32-20-8-7-15-29(32)27-28-37(43)47-42)50-39-26-14-12-24-36(39)41-34-22-10-9-21-33(34)40-35-23-11-13-25-38(35)49(44(40)45(41)50)31-18-5-2-6-19-31;1-3-16-30(17-4-1)42-37-28-27-29-15-7-8-20-32(29)43(37)48-46(47-42)50-39-26-14-12-24-36(39)41-34-22-10-9-21-33(34)40-35-23-11-13-25-38(35)49(44(40)45(41)50)31-18-5-2-6-19-31/h3*1-28H. The highest BCUT2D eigenvalue weighted by Crippen LogP contribution is 2.53. The zero-order chi connectivity index (χ0) is 98.3. The second-order valence-corrected chi connectivity index (χ2v) is 38.9. The first-order valence-electron chi connectivity index (χ1n) is 51.1. The van der Waals surface area contributed by atoms with E-state index in [0.717, 1.165) is 177 Å². The number of nitrogens with zero attached hydrogens (tertiary/aromatic N) is 12. The molecule has 9 aromatic heterocycles. The number of fused-ring (bicyclic) bond motifs is 39. The molecule has 12 nitrogen and oxygen atoms in total. The summed E-state index contributed by atoms with van der Waals surface area (Å²) in [6, 6.07) is 181. The lowest BCUT2D eigenvalue weighted by atomic mass is 9.98. The molecule has 33 aromatic rings. The summed E-state index contributed by atoms with van der Waals surface area (Å²) in [7, 11) is 0. The minimum absolute atomic E-state index is 0.653. The Kier molecular flexibility index (Phi) is 18.9. The van der Waals surface area contributed by atoms with Crippen LogP contribution in [-0.4, -0.2) is 57.3 Å². The molecule has 0 radical (unpaired) electrons. The monoisotopic (exact) mass is 1910 g/mol. The van der Waals surface area contributed by atoms with Crippen molar-refractivity contribution >= 4 is 228 Å². The Morgan fingerprint density at radius 1 is 0.133 bits per heavy atom. The molecule has 9 heterocycles. The third-order valence-electron chi connectivity index (χ3n) is 30.8. The molecule has 0 fully saturated rings. The lowest BCUT2D eigenvalue weighted by Crippen LogP contribution is -2.05. The van der Waals surface area contributed by atoms with Crippen molar-refractivity contribution in [3.63, 3.8) is 0 Å². The summed E-state index contributed by atoms with van der Waals surface area (Å²) in [4.78, 5) is 33.2. The Morgan fingerprint density at radius 2 is 0.373 bits per heavy atom. The third kappa shape index (κ3) is 12.6. The molecule has 0 unspecified atom stereocenters. The van der Waals surface area contributed by atoms with Gasteiger partial charge >= 0.3 is 0 Å². The zero-order valence-corrected chi connectivity index (χ0v) is 80.9. The molecule has 33 rings (SSSR count). The molecule has 0 aliphatic heterocycles. The van der Waals surface area contributed by atoms with Crippen molar-refractivity contribution < 1.29 is 0 Å². The summed E-state index contributed by atoms with van der Waals surface area (Å²) in [6.07, 6.45) is 0. The second kappa shape index (κ2) is 33.6. The molecule has 0 aliphatic carbocycles. The number of rotatable bonds is 9. The van der Waals surface area contributed by atoms with E-state index in [9.17, 15) is 0 Å². The fraction of sp³-hybridized carbons (Fsp3) is 0. The molecule has 0 atom stereocenters. The highest BCUT2D eigenvalue weighted by molar-refractivity contribution is 6.40. The Morgan fingerprint density at radius 3 is 0.727 bits per heavy atom. The van der Waals surface area contributed by atoms with Gasteiger partial charge in [0.15, 0.2) is 11.6 Å². The maximum Gasteiger partial charge on any atom is 0.235 e. The van der Waals surface area contributed by atoms with Crippen molar-refractivity contribution in [2.75, 3.05) is 0 Å². The molecular formula is C138H84N12. The van der Waals surface area contributed by atoms with E-state index >= 15 is 0 Å². The van der Waals surface area contributed by atoms with Crippen LogP contribution in [0.5, 0.6) is 0 Å². The van der Waals surface area contributed by atoms with E-state index in [2.05, 4.69) is 537 Å². The van der Waals surface area contributed by atoms with Gasteiger partial charge in [-0.2, -0.15) is 0 Å². The van der Waals surface area contributed by atoms with E-state index < -0.39 is 0 Å². The van der Waals surface area contributed by atoms with Crippen molar-refractivity contribution in [3.05, 3.63) is 510 Å². The van der Waals surface area contributed by atoms with Gasteiger partial charge in [-0.15, -0.1) is 0 Å². The van der Waals surface area contributed by atoms with Gasteiger partial charge < -0.3 is 13.7 Å². The van der Waals surface area contributed by atoms with Crippen molar-refractivity contribution in [3.8, 4) is 68.4 Å². The van der Waals surface area contributed by atoms with Gasteiger partial charge in [0.05, 0.1) is 99.5 Å². The molecule has 12 heteroatoms. The van der Waals surface area contributed by atoms with E-state index in [1.165, 1.54) is 114 Å². The SMILES string of the molecule is c1ccc(-c2nc(-n3c4ccccc4c4c5ccccc5c5c6ccccc6n(-c6ccccc6)c5c43)nc3c2ccc2ccccc23)cc1.c1ccc(-c2nc3c(ccc4ccccc43)nc2-n2c3ccccc3c3c4ccccc4c4c5ccccc5n(-c5ccccc5)c4c32)cc1.c1ccc(-c2nc3ccc4ccccc4c3nc2-n2c3ccccc3c3c4ccccc4c4c5ccccc5n(-c5ccccc5)c4c32)cc1. The molecule has 24 aromatic carbocycles. The maximum atomic E-state index is 5.66. The summed E-state index contributed by atoms with van der Waals surface area (Å²) in [5.41, 5.74) is 27.1. The minimum Gasteiger partial charge on any atom is -0.307 e. The van der Waals surface area contributed by atoms with Crippen molar-refractivity contribution in [1.29, 1.82) is 0 Å². The Balaban J connectivity index is 0.000000101. The van der Waals surface area contributed by atoms with Crippen LogP contribution in [0.3, 0.4) is 0 Å². The average Bonchev–Trinajstić information content (AvgIpc) is 1.53. The third-order valence-corrected chi connectivity index (χ3v) is 30.8. The van der Waals surface area contributed by atoms with E-state index in [0.29, 0.717) is 5.95 Å². The van der Waals surface area contributed by atoms with Gasteiger partial charge in [0.25, 0.3) is 0 Å². The van der Waals surface area contributed by atoms with Crippen LogP contribution >= 0.6 is 0 Å². The summed E-state index contributed by atoms with van der Waals surface area (Å²) in [5.74, 6) is 2.28. The van der Waals surface area contributed by atoms with E-state index in [1.807, 2.05) is 0 Å². The molecule has 0 saturated heterocycles. The molecule has 0 aliphatic rings. The fourth-order valence-electron chi connectivity index (χ4n) is 24.6. The van der Waals surface area contributed by atoms with Gasteiger partial charge in [-0.05, 0) is 139 Å². The maximum absolute atomic E-state index is 5.66. The van der Waals surface area contributed by atoms with E-state index in [1.54, 1.807) is 0 Å². The van der Waals surface area contributed by atoms with E-state index in [-0.39, 0.29) is 0 Å². The number of hydrogen-bond donors (Lipinski definition) is 0. The highest BCUT2D eigenvalue weighted by Gasteiger charge is 2.33. The van der Waals surface area contributed by atoms with Gasteiger partial charge in [-0.25, -0.2) is 29.9 Å². The predicted octanol–water partition coefficient (Wildman–Crippen LogP) is 35.4. The van der Waals surface area contributed by atoms with Crippen LogP contribution in [0.15, 0.2) is 510 Å². The molecule has 0 amide bonds. The Hall–Kier alpha value is -20.3. The molecule has 0 bridgehead atoms. The minimum atomic E-state index is 0.653. The summed E-state index contributed by atoms with van der Waals surface area (Å²) < 4.78 is 14.4. The summed E-state index contributed by atoms with van der Waals surface area (Å²) in [6.45, 7) is 0. The van der Waals surface area contributed by atoms with Gasteiger partial charge in [0, 0.05) is 120 Å². The molecular weight excluding hydrogens is 1830 g/mol. The average molecular weight is 1910 g/mol. The topological polar surface area (TPSA) is 107 Å². The quantitative estimate of drug-likeness (QED) is 0.133. The molecule has 0 N–H and O–H groups in total. The first kappa shape index (κ1) is 84.2. The summed E-state index contributed by atoms with van der Waals surface area (Å²) in [5, 5.41) is 29.7. The van der Waals surface area contributed by atoms with Crippen molar-refractivity contribution in [2.45, 2.75) is 0 Å². The first-order chi connectivity index (χ1) is 74.5. The Bertz CT molecular complexity index is 11400. The lowest BCUT2D eigenvalue weighted by Gasteiger charge is -2.16. The molecule has 696 valence electrons. The van der Waals surface area contributed by atoms with Crippen molar-refractivity contribution in [1.82, 2.24) is 57.3 Å². The smallest absolute Gasteiger partial charge is 0.235 e. The first-order valence-corrected chi connectivity index (χ1v) is 51.1. The normalized spacial score (nSPS) is 12.0. The summed E-state index contributed by atoms with van der Waals surface area (Å²) >= 11 is 0. The second-order valence-electron chi connectivity index (χ2n) is 38.9. The van der Waals surface area contributed by atoms with Crippen LogP contribution in [0.4, 0.5) is 0 Å². The number of aromatic nitrogens is 12. The number of para-hydroxylation sites is 9. The highest BCUT2D eigenvalue weighted by atomic mass is 15.2. The molecule has 150 heavy (non-hydrogen) atoms. The zero-order valence-electron chi connectivity index (χ0n) is 80.9. The van der Waals surface area contributed by atoms with Crippen LogP contribution in [0, 0.1) is 0 Å². The number of hydrogen-bond acceptors (Lipinski definition) is 6. The van der Waals surface area contributed by atoms with Gasteiger partial charge in [-0.3, -0.25) is 13.7 Å². The van der Waals surface area contributed by atoms with Crippen LogP contribution in [0.1, 0.15) is 0 Å². The number of benzene rings is 24. The predicted molar refractivity (Wildman–Crippen MR) is 626 cm³/mol. The molecule has 0 spiro atoms. The van der Waals surface area contributed by atoms with Crippen LogP contribution in [0.25, 0.3) is 297 Å². The van der Waals surface area contributed by atoms with Crippen LogP contribution in [0.2, 0.25) is 0 Å². The van der Waals surface area contributed by atoms with E-state index in [4.69, 9.17) is 29.9 Å². The Labute approximate surface area is 857 Å².